The molecule has 1 atom stereocenters. The number of aryl methyl sites for hydroxylation is 1. The minimum absolute atomic E-state index is 0.323. The topological polar surface area (TPSA) is 86.8 Å². The molecule has 2 fully saturated rings. The second-order valence-corrected chi connectivity index (χ2v) is 7.52. The van der Waals surface area contributed by atoms with E-state index in [1.807, 2.05) is 19.1 Å². The van der Waals surface area contributed by atoms with Gasteiger partial charge in [0.25, 0.3) is 0 Å². The number of H-pyrrole nitrogens is 1. The summed E-state index contributed by atoms with van der Waals surface area (Å²) in [6.45, 7) is 3.75. The number of carbonyl (C=O) groups is 1. The highest BCUT2D eigenvalue weighted by molar-refractivity contribution is 5.81. The normalized spacial score (nSPS) is 20.7. The van der Waals surface area contributed by atoms with Crippen molar-refractivity contribution < 1.29 is 4.79 Å². The summed E-state index contributed by atoms with van der Waals surface area (Å²) in [5, 5.41) is 10.3. The molecular weight excluding hydrogens is 328 g/mol. The van der Waals surface area contributed by atoms with Gasteiger partial charge in [0.2, 0.25) is 5.91 Å². The van der Waals surface area contributed by atoms with Crippen molar-refractivity contribution >= 4 is 17.5 Å². The number of rotatable bonds is 5. The second kappa shape index (κ2) is 7.43. The molecule has 4 rings (SSSR count). The first-order chi connectivity index (χ1) is 12.7. The molecule has 2 N–H and O–H groups in total. The molecule has 0 bridgehead atoms. The Labute approximate surface area is 153 Å². The zero-order chi connectivity index (χ0) is 17.9. The van der Waals surface area contributed by atoms with Crippen LogP contribution in [0.5, 0.6) is 0 Å². The van der Waals surface area contributed by atoms with Crippen LogP contribution in [0.1, 0.15) is 43.6 Å². The van der Waals surface area contributed by atoms with Crippen molar-refractivity contribution in [1.82, 2.24) is 25.1 Å². The van der Waals surface area contributed by atoms with Crippen molar-refractivity contribution in [1.29, 1.82) is 0 Å². The summed E-state index contributed by atoms with van der Waals surface area (Å²) in [7, 11) is 0. The molecule has 1 aliphatic heterocycles. The number of nitrogens with one attached hydrogen (secondary N) is 2. The Morgan fingerprint density at radius 1 is 1.27 bits per heavy atom. The van der Waals surface area contributed by atoms with Gasteiger partial charge in [-0.25, -0.2) is 9.97 Å². The Balaban J connectivity index is 1.34. The van der Waals surface area contributed by atoms with E-state index in [-0.39, 0.29) is 0 Å². The van der Waals surface area contributed by atoms with E-state index in [0.29, 0.717) is 17.7 Å². The van der Waals surface area contributed by atoms with Crippen LogP contribution in [0.2, 0.25) is 0 Å². The highest BCUT2D eigenvalue weighted by atomic mass is 16.2. The summed E-state index contributed by atoms with van der Waals surface area (Å²) >= 11 is 0. The fraction of sp³-hybridized carbons (Fsp3) is 0.579. The number of anilines is 2. The SMILES string of the molecule is Cc1cc(Nc2ccnc(CC3CCCN(C(=O)C4CC4)CC3)n2)n[nH]1. The standard InChI is InChI=1S/C19H26N6O/c1-13-11-18(24-23-13)22-16-6-8-20-17(21-16)12-14-3-2-9-25(10-7-14)19(26)15-4-5-15/h6,8,11,14-15H,2-5,7,9-10,12H2,1H3,(H2,20,21,22,23,24). The molecule has 138 valence electrons. The van der Waals surface area contributed by atoms with E-state index in [1.54, 1.807) is 6.20 Å². The lowest BCUT2D eigenvalue weighted by Gasteiger charge is -2.20. The van der Waals surface area contributed by atoms with E-state index in [2.05, 4.69) is 30.4 Å². The highest BCUT2D eigenvalue weighted by Gasteiger charge is 2.34. The van der Waals surface area contributed by atoms with Gasteiger partial charge in [-0.3, -0.25) is 9.89 Å². The maximum atomic E-state index is 12.3. The summed E-state index contributed by atoms with van der Waals surface area (Å²) < 4.78 is 0. The maximum Gasteiger partial charge on any atom is 0.225 e. The maximum absolute atomic E-state index is 12.3. The molecule has 2 aromatic heterocycles. The summed E-state index contributed by atoms with van der Waals surface area (Å²) in [4.78, 5) is 23.4. The molecular formula is C19H26N6O. The van der Waals surface area contributed by atoms with Gasteiger partial charge in [0.05, 0.1) is 0 Å². The number of hydrogen-bond donors (Lipinski definition) is 2. The van der Waals surface area contributed by atoms with Crippen LogP contribution in [0, 0.1) is 18.8 Å². The van der Waals surface area contributed by atoms with Crippen LogP contribution in [-0.2, 0) is 11.2 Å². The number of aromatic amines is 1. The Morgan fingerprint density at radius 2 is 2.15 bits per heavy atom. The van der Waals surface area contributed by atoms with Gasteiger partial charge in [-0.05, 0) is 51.0 Å². The fourth-order valence-corrected chi connectivity index (χ4v) is 3.62. The van der Waals surface area contributed by atoms with Crippen LogP contribution >= 0.6 is 0 Å². The van der Waals surface area contributed by atoms with Crippen molar-refractivity contribution in [3.8, 4) is 0 Å². The monoisotopic (exact) mass is 354 g/mol. The molecule has 1 unspecified atom stereocenters. The van der Waals surface area contributed by atoms with Crippen LogP contribution < -0.4 is 5.32 Å². The Kier molecular flexibility index (Phi) is 4.86. The van der Waals surface area contributed by atoms with Crippen molar-refractivity contribution in [2.45, 2.75) is 45.4 Å². The van der Waals surface area contributed by atoms with Gasteiger partial charge in [-0.15, -0.1) is 0 Å². The molecule has 2 aromatic rings. The van der Waals surface area contributed by atoms with Crippen LogP contribution in [0.3, 0.4) is 0 Å². The molecule has 1 amide bonds. The van der Waals surface area contributed by atoms with Crippen molar-refractivity contribution in [2.24, 2.45) is 11.8 Å². The van der Waals surface area contributed by atoms with E-state index in [1.165, 1.54) is 0 Å². The molecule has 1 saturated carbocycles. The minimum Gasteiger partial charge on any atom is -0.342 e. The van der Waals surface area contributed by atoms with Crippen molar-refractivity contribution in [3.63, 3.8) is 0 Å². The third kappa shape index (κ3) is 4.20. The number of nitrogens with zero attached hydrogens (tertiary/aromatic N) is 4. The first-order valence-electron chi connectivity index (χ1n) is 9.57. The molecule has 3 heterocycles. The Hall–Kier alpha value is -2.44. The largest absolute Gasteiger partial charge is 0.342 e. The van der Waals surface area contributed by atoms with Gasteiger partial charge in [0.1, 0.15) is 11.6 Å². The summed E-state index contributed by atoms with van der Waals surface area (Å²) in [6.07, 6.45) is 8.08. The van der Waals surface area contributed by atoms with Gasteiger partial charge in [-0.2, -0.15) is 5.10 Å². The van der Waals surface area contributed by atoms with Crippen molar-refractivity contribution in [2.75, 3.05) is 18.4 Å². The smallest absolute Gasteiger partial charge is 0.225 e. The summed E-state index contributed by atoms with van der Waals surface area (Å²) in [6, 6.07) is 3.80. The molecule has 1 saturated heterocycles. The van der Waals surface area contributed by atoms with Crippen LogP contribution in [0.25, 0.3) is 0 Å². The van der Waals surface area contributed by atoms with E-state index >= 15 is 0 Å². The first-order valence-corrected chi connectivity index (χ1v) is 9.57. The third-order valence-corrected chi connectivity index (χ3v) is 5.22. The number of amides is 1. The Morgan fingerprint density at radius 3 is 2.92 bits per heavy atom. The highest BCUT2D eigenvalue weighted by Crippen LogP contribution is 2.32. The quantitative estimate of drug-likeness (QED) is 0.862. The van der Waals surface area contributed by atoms with Gasteiger partial charge in [-0.1, -0.05) is 0 Å². The predicted octanol–water partition coefficient (Wildman–Crippen LogP) is 2.83. The zero-order valence-corrected chi connectivity index (χ0v) is 15.2. The molecule has 7 heteroatoms. The molecule has 0 radical (unpaired) electrons. The molecule has 2 aliphatic rings. The third-order valence-electron chi connectivity index (χ3n) is 5.22. The summed E-state index contributed by atoms with van der Waals surface area (Å²) in [5.41, 5.74) is 1.01. The van der Waals surface area contributed by atoms with Crippen LogP contribution in [0.4, 0.5) is 11.6 Å². The van der Waals surface area contributed by atoms with Gasteiger partial charge >= 0.3 is 0 Å². The van der Waals surface area contributed by atoms with Crippen molar-refractivity contribution in [3.05, 3.63) is 29.8 Å². The average molecular weight is 354 g/mol. The molecule has 0 aromatic carbocycles. The molecule has 7 nitrogen and oxygen atoms in total. The van der Waals surface area contributed by atoms with Gasteiger partial charge in [0.15, 0.2) is 5.82 Å². The minimum atomic E-state index is 0.323. The molecule has 26 heavy (non-hydrogen) atoms. The lowest BCUT2D eigenvalue weighted by molar-refractivity contribution is -0.132. The lowest BCUT2D eigenvalue weighted by atomic mass is 9.96. The van der Waals surface area contributed by atoms with Gasteiger partial charge < -0.3 is 10.2 Å². The predicted molar refractivity (Wildman–Crippen MR) is 99.0 cm³/mol. The zero-order valence-electron chi connectivity index (χ0n) is 15.2. The van der Waals surface area contributed by atoms with Gasteiger partial charge in [0, 0.05) is 43.4 Å². The molecule has 1 aliphatic carbocycles. The van der Waals surface area contributed by atoms with E-state index in [0.717, 1.165) is 74.8 Å². The fourth-order valence-electron chi connectivity index (χ4n) is 3.62. The van der Waals surface area contributed by atoms with E-state index in [9.17, 15) is 4.79 Å². The summed E-state index contributed by atoms with van der Waals surface area (Å²) in [5.74, 6) is 3.62. The molecule has 0 spiro atoms. The van der Waals surface area contributed by atoms with Crippen LogP contribution in [-0.4, -0.2) is 44.1 Å². The lowest BCUT2D eigenvalue weighted by Crippen LogP contribution is -2.33. The van der Waals surface area contributed by atoms with E-state index in [4.69, 9.17) is 0 Å². The number of aromatic nitrogens is 4. The first kappa shape index (κ1) is 17.0. The average Bonchev–Trinajstić information content (AvgIpc) is 3.42. The Bertz CT molecular complexity index is 769. The van der Waals surface area contributed by atoms with Crippen LogP contribution in [0.15, 0.2) is 18.3 Å². The number of hydrogen-bond acceptors (Lipinski definition) is 5. The second-order valence-electron chi connectivity index (χ2n) is 7.52. The number of likely N-dealkylation sites (tertiary alicyclic amines) is 1. The van der Waals surface area contributed by atoms with E-state index < -0.39 is 0 Å². The number of carbonyl (C=O) groups excluding carboxylic acids is 1.